The second kappa shape index (κ2) is 22.3. The second-order valence-corrected chi connectivity index (χ2v) is 26.6. The number of rotatable bonds is 10. The summed E-state index contributed by atoms with van der Waals surface area (Å²) >= 11 is 0. The first-order chi connectivity index (χ1) is 48.8. The van der Waals surface area contributed by atoms with Gasteiger partial charge in [0.25, 0.3) is 20.1 Å². The molecule has 12 heteroatoms. The fourth-order valence-corrected chi connectivity index (χ4v) is 16.7. The van der Waals surface area contributed by atoms with Gasteiger partial charge in [0.05, 0.1) is 22.7 Å². The summed E-state index contributed by atoms with van der Waals surface area (Å²) in [5.41, 5.74) is 27.4. The van der Waals surface area contributed by atoms with Crippen LogP contribution in [-0.2, 0) is 0 Å². The summed E-state index contributed by atoms with van der Waals surface area (Å²) in [5, 5.41) is 4.04. The maximum atomic E-state index is 7.74. The number of aryl methyl sites for hydroxylation is 3. The first-order valence-corrected chi connectivity index (χ1v) is 34.0. The molecule has 6 heterocycles. The third kappa shape index (κ3) is 8.98. The number of hydrogen-bond donors (Lipinski definition) is 1. The molecule has 0 saturated heterocycles. The lowest BCUT2D eigenvalue weighted by Gasteiger charge is -2.43. The van der Waals surface area contributed by atoms with Crippen LogP contribution in [0.2, 0.25) is 0 Å². The summed E-state index contributed by atoms with van der Waals surface area (Å²) in [6.45, 7) is 5.91. The number of anilines is 14. The van der Waals surface area contributed by atoms with E-state index in [1.54, 1.807) is 0 Å². The van der Waals surface area contributed by atoms with Crippen molar-refractivity contribution in [1.29, 1.82) is 0 Å². The fraction of sp³-hybridized carbons (Fsp3) is 0.0345. The normalized spacial score (nSPS) is 13.1. The van der Waals surface area contributed by atoms with Crippen LogP contribution in [0.15, 0.2) is 303 Å². The molecule has 0 bridgehead atoms. The number of fused-ring (bicyclic) bond motifs is 12. The van der Waals surface area contributed by atoms with Gasteiger partial charge in [-0.3, -0.25) is 0 Å². The largest absolute Gasteiger partial charge is 0.458 e. The average molecular weight is 1270 g/mol. The van der Waals surface area contributed by atoms with E-state index in [0.29, 0.717) is 0 Å². The van der Waals surface area contributed by atoms with E-state index in [0.717, 1.165) is 186 Å². The Morgan fingerprint density at radius 2 is 0.626 bits per heavy atom. The molecule has 0 radical (unpaired) electrons. The number of hydrogen-bond acceptors (Lipinski definition) is 9. The molecule has 0 aliphatic carbocycles. The van der Waals surface area contributed by atoms with Gasteiger partial charge < -0.3 is 43.9 Å². The van der Waals surface area contributed by atoms with Gasteiger partial charge in [-0.05, 0) is 173 Å². The zero-order chi connectivity index (χ0) is 65.6. The molecule has 0 aromatic heterocycles. The highest BCUT2D eigenvalue weighted by Crippen LogP contribution is 2.51. The maximum absolute atomic E-state index is 7.74. The Kier molecular flexibility index (Phi) is 12.8. The van der Waals surface area contributed by atoms with Crippen molar-refractivity contribution in [3.63, 3.8) is 0 Å². The Bertz CT molecular complexity index is 5490. The lowest BCUT2D eigenvalue weighted by molar-refractivity contribution is 0.465. The van der Waals surface area contributed by atoms with Crippen LogP contribution >= 0.6 is 0 Å². The number of benzene rings is 14. The van der Waals surface area contributed by atoms with Gasteiger partial charge in [-0.15, -0.1) is 0 Å². The van der Waals surface area contributed by atoms with Crippen LogP contribution in [-0.4, -0.2) is 20.1 Å². The average Bonchev–Trinajstić information content (AvgIpc) is 0.696. The molecule has 466 valence electrons. The molecule has 6 aliphatic heterocycles. The Labute approximate surface area is 576 Å². The van der Waals surface area contributed by atoms with Gasteiger partial charge in [-0.25, -0.2) is 0 Å². The monoisotopic (exact) mass is 1270 g/mol. The van der Waals surface area contributed by atoms with Crippen molar-refractivity contribution in [2.45, 2.75) is 20.8 Å². The van der Waals surface area contributed by atoms with E-state index >= 15 is 0 Å². The Balaban J connectivity index is 0.832. The quantitative estimate of drug-likeness (QED) is 0.135. The first kappa shape index (κ1) is 56.8. The maximum Gasteiger partial charge on any atom is 0.260 e. The summed E-state index contributed by atoms with van der Waals surface area (Å²) in [5.74, 6) is 6.25. The highest BCUT2D eigenvalue weighted by atomic mass is 16.5. The molecule has 0 spiro atoms. The van der Waals surface area contributed by atoms with Gasteiger partial charge in [0.1, 0.15) is 46.0 Å². The van der Waals surface area contributed by atoms with Crippen molar-refractivity contribution >= 4 is 149 Å². The minimum atomic E-state index is -0.349. The van der Waals surface area contributed by atoms with Crippen LogP contribution in [0.5, 0.6) is 46.0 Å². The Hall–Kier alpha value is -12.5. The second-order valence-electron chi connectivity index (χ2n) is 26.6. The van der Waals surface area contributed by atoms with Gasteiger partial charge in [0.2, 0.25) is 0 Å². The molecular formula is C87H60B3N5O4. The minimum Gasteiger partial charge on any atom is -0.458 e. The van der Waals surface area contributed by atoms with Crippen molar-refractivity contribution in [3.05, 3.63) is 320 Å². The van der Waals surface area contributed by atoms with E-state index in [-0.39, 0.29) is 20.1 Å². The van der Waals surface area contributed by atoms with Crippen LogP contribution in [0, 0.1) is 20.8 Å². The predicted molar refractivity (Wildman–Crippen MR) is 409 cm³/mol. The highest BCUT2D eigenvalue weighted by Gasteiger charge is 2.49. The highest BCUT2D eigenvalue weighted by molar-refractivity contribution is 7.03. The molecule has 9 nitrogen and oxygen atoms in total. The zero-order valence-electron chi connectivity index (χ0n) is 54.5. The van der Waals surface area contributed by atoms with E-state index < -0.39 is 0 Å². The van der Waals surface area contributed by atoms with E-state index in [1.165, 1.54) is 5.56 Å². The molecule has 1 N–H and O–H groups in total. The fourth-order valence-electron chi connectivity index (χ4n) is 16.7. The van der Waals surface area contributed by atoms with Gasteiger partial charge in [-0.1, -0.05) is 175 Å². The van der Waals surface area contributed by atoms with Gasteiger partial charge >= 0.3 is 0 Å². The van der Waals surface area contributed by atoms with E-state index in [2.05, 4.69) is 349 Å². The number of nitrogens with one attached hydrogen (secondary N) is 1. The van der Waals surface area contributed by atoms with Crippen molar-refractivity contribution in [1.82, 2.24) is 0 Å². The zero-order valence-corrected chi connectivity index (χ0v) is 54.5. The standard InChI is InChI=1S/C87H60B3N5O4/c1-54-42-55(2)87(56(3)43-54)95-74-53-79-71(51-69(74)89-67-39-23-25-41-77(67)97-81-47-64(45-75(95)85(81)89)93(59-30-14-6-15-31-59)60-32-16-7-17-33-60)90-70-50-68-72(52-78(70)98-82-48-65(49-83(99-79)86(82)90)94(61-34-18-8-19-35-61)62-36-20-9-21-37-62)91-73-44-63(46-80-84(73)88(68)66-38-22-24-40-76(66)96-80)92(57-26-10-4-11-27-57)58-28-12-5-13-29-58/h4-53,91H,1-3H3. The molecular weight excluding hydrogens is 1210 g/mol. The topological polar surface area (TPSA) is 61.9 Å². The number of ether oxygens (including phenoxy) is 4. The molecule has 6 aliphatic rings. The Morgan fingerprint density at radius 3 is 1.10 bits per heavy atom. The third-order valence-corrected chi connectivity index (χ3v) is 20.6. The summed E-state index contributed by atoms with van der Waals surface area (Å²) in [6, 6.07) is 108. The molecule has 0 unspecified atom stereocenters. The molecule has 20 rings (SSSR count). The van der Waals surface area contributed by atoms with Gasteiger partial charge in [-0.2, -0.15) is 0 Å². The summed E-state index contributed by atoms with van der Waals surface area (Å²) in [4.78, 5) is 9.45. The first-order valence-electron chi connectivity index (χ1n) is 34.0. The lowest BCUT2D eigenvalue weighted by atomic mass is 9.30. The van der Waals surface area contributed by atoms with Crippen LogP contribution in [0.3, 0.4) is 0 Å². The molecule has 0 fully saturated rings. The smallest absolute Gasteiger partial charge is 0.260 e. The molecule has 99 heavy (non-hydrogen) atoms. The van der Waals surface area contributed by atoms with Crippen molar-refractivity contribution in [2.75, 3.05) is 24.9 Å². The van der Waals surface area contributed by atoms with Crippen LogP contribution in [0.4, 0.5) is 79.6 Å². The minimum absolute atomic E-state index is 0.193. The van der Waals surface area contributed by atoms with Crippen LogP contribution < -0.4 is 93.0 Å². The van der Waals surface area contributed by atoms with Crippen LogP contribution in [0.25, 0.3) is 0 Å². The summed E-state index contributed by atoms with van der Waals surface area (Å²) in [7, 11) is 0. The molecule has 0 saturated carbocycles. The summed E-state index contributed by atoms with van der Waals surface area (Å²) in [6.07, 6.45) is 0. The summed E-state index contributed by atoms with van der Waals surface area (Å²) < 4.78 is 29.7. The van der Waals surface area contributed by atoms with Crippen molar-refractivity contribution in [2.24, 2.45) is 0 Å². The van der Waals surface area contributed by atoms with Crippen molar-refractivity contribution in [3.8, 4) is 46.0 Å². The van der Waals surface area contributed by atoms with Gasteiger partial charge in [0.15, 0.2) is 0 Å². The van der Waals surface area contributed by atoms with E-state index in [9.17, 15) is 0 Å². The molecule has 0 atom stereocenters. The van der Waals surface area contributed by atoms with Crippen LogP contribution in [0.1, 0.15) is 16.7 Å². The van der Waals surface area contributed by atoms with Gasteiger partial charge in [0, 0.05) is 98.7 Å². The van der Waals surface area contributed by atoms with Crippen molar-refractivity contribution < 1.29 is 18.9 Å². The number of nitrogens with zero attached hydrogens (tertiary/aromatic N) is 4. The SMILES string of the molecule is Cc1cc(C)c(N2c3cc4c(cc3B3c5ccccc5Oc5cc(N(c6ccccc6)c6ccccc6)cc2c53)B2c3cc5c(cc3Oc3cc(N(c6ccccc6)c6ccccc6)cc(c32)O4)Nc2cc(N(c3ccccc3)c3ccccc3)cc3c2B5c2ccccc2O3)c(C)c1. The Morgan fingerprint density at radius 1 is 0.263 bits per heavy atom. The molecule has 0 amide bonds. The third-order valence-electron chi connectivity index (χ3n) is 20.6. The predicted octanol–water partition coefficient (Wildman–Crippen LogP) is 16.8. The molecule has 14 aromatic rings. The van der Waals surface area contributed by atoms with E-state index in [1.807, 2.05) is 0 Å². The number of para-hydroxylation sites is 8. The molecule has 14 aromatic carbocycles. The lowest BCUT2D eigenvalue weighted by Crippen LogP contribution is -2.64. The van der Waals surface area contributed by atoms with E-state index in [4.69, 9.17) is 18.9 Å².